The molecular weight excluding hydrogens is 409 g/mol. The Morgan fingerprint density at radius 1 is 1.14 bits per heavy atom. The standard InChI is InChI=1S/C17H11ClFN5O5/c18-15-9-22(8-10-2-1-3-12(19)4-10)21-16(15)20-17(25)11-5-13(23(26)27)7-14(6-11)24(28)29/h1-7,9H,8H2,(H,20,21,25). The van der Waals surface area contributed by atoms with Gasteiger partial charge in [-0.25, -0.2) is 4.39 Å². The van der Waals surface area contributed by atoms with E-state index < -0.39 is 32.9 Å². The normalized spacial score (nSPS) is 10.6. The SMILES string of the molecule is O=C(Nc1nn(Cc2cccc(F)c2)cc1Cl)c1cc([N+](=O)[O-])cc([N+](=O)[O-])c1. The molecule has 0 bridgehead atoms. The number of nitrogens with zero attached hydrogens (tertiary/aromatic N) is 4. The summed E-state index contributed by atoms with van der Waals surface area (Å²) >= 11 is 6.05. The van der Waals surface area contributed by atoms with Crippen LogP contribution in [0.2, 0.25) is 5.02 Å². The van der Waals surface area contributed by atoms with Gasteiger partial charge in [0.25, 0.3) is 17.3 Å². The highest BCUT2D eigenvalue weighted by Crippen LogP contribution is 2.25. The molecule has 1 heterocycles. The molecule has 0 aliphatic carbocycles. The van der Waals surface area contributed by atoms with Crippen molar-refractivity contribution in [1.29, 1.82) is 0 Å². The molecule has 0 fully saturated rings. The minimum Gasteiger partial charge on any atom is -0.304 e. The van der Waals surface area contributed by atoms with Crippen LogP contribution in [0.4, 0.5) is 21.6 Å². The number of anilines is 1. The number of hydrogen-bond acceptors (Lipinski definition) is 6. The Hall–Kier alpha value is -3.86. The molecule has 0 saturated carbocycles. The minimum atomic E-state index is -0.866. The van der Waals surface area contributed by atoms with E-state index in [0.717, 1.165) is 18.2 Å². The number of rotatable bonds is 6. The van der Waals surface area contributed by atoms with Crippen LogP contribution in [0.15, 0.2) is 48.7 Å². The van der Waals surface area contributed by atoms with Gasteiger partial charge in [-0.15, -0.1) is 0 Å². The molecule has 0 radical (unpaired) electrons. The van der Waals surface area contributed by atoms with Crippen LogP contribution >= 0.6 is 11.6 Å². The zero-order valence-corrected chi connectivity index (χ0v) is 15.2. The van der Waals surface area contributed by atoms with E-state index in [2.05, 4.69) is 10.4 Å². The van der Waals surface area contributed by atoms with E-state index in [9.17, 15) is 29.4 Å². The van der Waals surface area contributed by atoms with Crippen LogP contribution < -0.4 is 5.32 Å². The zero-order chi connectivity index (χ0) is 21.1. The second-order valence-electron chi connectivity index (χ2n) is 5.86. The lowest BCUT2D eigenvalue weighted by Crippen LogP contribution is -2.14. The summed E-state index contributed by atoms with van der Waals surface area (Å²) in [5.74, 6) is -1.33. The van der Waals surface area contributed by atoms with Crippen LogP contribution in [0.5, 0.6) is 0 Å². The van der Waals surface area contributed by atoms with Gasteiger partial charge in [-0.2, -0.15) is 5.10 Å². The van der Waals surface area contributed by atoms with E-state index in [-0.39, 0.29) is 22.9 Å². The molecule has 148 valence electrons. The number of nitro benzene ring substituents is 2. The average Bonchev–Trinajstić information content (AvgIpc) is 3.00. The van der Waals surface area contributed by atoms with Crippen LogP contribution in [0.1, 0.15) is 15.9 Å². The molecule has 0 atom stereocenters. The van der Waals surface area contributed by atoms with E-state index in [0.29, 0.717) is 5.56 Å². The van der Waals surface area contributed by atoms with Crippen molar-refractivity contribution in [2.75, 3.05) is 5.32 Å². The van der Waals surface area contributed by atoms with Crippen LogP contribution in [-0.2, 0) is 6.54 Å². The Labute approximate surface area is 166 Å². The van der Waals surface area contributed by atoms with Gasteiger partial charge in [0.05, 0.1) is 28.0 Å². The van der Waals surface area contributed by atoms with Gasteiger partial charge in [0.2, 0.25) is 0 Å². The topological polar surface area (TPSA) is 133 Å². The first-order valence-corrected chi connectivity index (χ1v) is 8.33. The van der Waals surface area contributed by atoms with E-state index in [1.54, 1.807) is 6.07 Å². The van der Waals surface area contributed by atoms with Crippen LogP contribution in [0.3, 0.4) is 0 Å². The fraction of sp³-hybridized carbons (Fsp3) is 0.0588. The zero-order valence-electron chi connectivity index (χ0n) is 14.4. The Bertz CT molecular complexity index is 1100. The van der Waals surface area contributed by atoms with Crippen molar-refractivity contribution >= 4 is 34.7 Å². The van der Waals surface area contributed by atoms with E-state index in [1.807, 2.05) is 0 Å². The molecule has 29 heavy (non-hydrogen) atoms. The Morgan fingerprint density at radius 2 is 1.79 bits per heavy atom. The predicted octanol–water partition coefficient (Wildman–Crippen LogP) is 3.79. The van der Waals surface area contributed by atoms with Crippen molar-refractivity contribution in [3.8, 4) is 0 Å². The molecule has 2 aromatic carbocycles. The van der Waals surface area contributed by atoms with E-state index in [1.165, 1.54) is 29.1 Å². The summed E-state index contributed by atoms with van der Waals surface area (Å²) in [6.45, 7) is 0.176. The number of nitrogens with one attached hydrogen (secondary N) is 1. The maximum absolute atomic E-state index is 13.3. The molecule has 12 heteroatoms. The third kappa shape index (κ3) is 4.71. The van der Waals surface area contributed by atoms with Gasteiger partial charge in [0.15, 0.2) is 5.82 Å². The molecule has 0 saturated heterocycles. The fourth-order valence-electron chi connectivity index (χ4n) is 2.50. The van der Waals surface area contributed by atoms with Gasteiger partial charge >= 0.3 is 0 Å². The second kappa shape index (κ2) is 8.02. The molecule has 10 nitrogen and oxygen atoms in total. The summed E-state index contributed by atoms with van der Waals surface area (Å²) in [6.07, 6.45) is 1.40. The summed E-state index contributed by atoms with van der Waals surface area (Å²) in [5, 5.41) is 28.4. The summed E-state index contributed by atoms with van der Waals surface area (Å²) in [4.78, 5) is 32.6. The van der Waals surface area contributed by atoms with Crippen molar-refractivity contribution < 1.29 is 19.0 Å². The first-order chi connectivity index (χ1) is 13.7. The summed E-state index contributed by atoms with van der Waals surface area (Å²) in [7, 11) is 0. The lowest BCUT2D eigenvalue weighted by atomic mass is 10.1. The maximum Gasteiger partial charge on any atom is 0.277 e. The smallest absolute Gasteiger partial charge is 0.277 e. The highest BCUT2D eigenvalue weighted by Gasteiger charge is 2.21. The first kappa shape index (κ1) is 19.9. The molecule has 3 rings (SSSR count). The number of carbonyl (C=O) groups is 1. The highest BCUT2D eigenvalue weighted by atomic mass is 35.5. The Balaban J connectivity index is 1.83. The molecule has 0 aliphatic rings. The largest absolute Gasteiger partial charge is 0.304 e. The van der Waals surface area contributed by atoms with Crippen LogP contribution in [0, 0.1) is 26.0 Å². The number of nitro groups is 2. The highest BCUT2D eigenvalue weighted by molar-refractivity contribution is 6.33. The number of carbonyl (C=O) groups excluding carboxylic acids is 1. The predicted molar refractivity (Wildman–Crippen MR) is 100 cm³/mol. The van der Waals surface area contributed by atoms with Gasteiger partial charge < -0.3 is 5.32 Å². The summed E-state index contributed by atoms with van der Waals surface area (Å²) in [5.41, 5.74) is -0.905. The van der Waals surface area contributed by atoms with Gasteiger partial charge in [-0.1, -0.05) is 23.7 Å². The number of halogens is 2. The fourth-order valence-corrected chi connectivity index (χ4v) is 2.70. The molecule has 3 aromatic rings. The van der Waals surface area contributed by atoms with E-state index >= 15 is 0 Å². The molecule has 1 amide bonds. The maximum atomic E-state index is 13.3. The third-order valence-electron chi connectivity index (χ3n) is 3.77. The number of amides is 1. The minimum absolute atomic E-state index is 0.0535. The summed E-state index contributed by atoms with van der Waals surface area (Å²) in [6, 6.07) is 8.38. The van der Waals surface area contributed by atoms with Gasteiger partial charge in [0, 0.05) is 18.3 Å². The first-order valence-electron chi connectivity index (χ1n) is 7.95. The quantitative estimate of drug-likeness (QED) is 0.477. The van der Waals surface area contributed by atoms with Gasteiger partial charge in [0.1, 0.15) is 10.8 Å². The van der Waals surface area contributed by atoms with Crippen molar-refractivity contribution in [2.24, 2.45) is 0 Å². The number of non-ortho nitro benzene ring substituents is 2. The lowest BCUT2D eigenvalue weighted by Gasteiger charge is -2.04. The Kier molecular flexibility index (Phi) is 5.50. The van der Waals surface area contributed by atoms with Crippen molar-refractivity contribution in [1.82, 2.24) is 9.78 Å². The molecule has 0 aliphatic heterocycles. The van der Waals surface area contributed by atoms with E-state index in [4.69, 9.17) is 11.6 Å². The van der Waals surface area contributed by atoms with Gasteiger partial charge in [-0.05, 0) is 17.7 Å². The molecule has 1 N–H and O–H groups in total. The lowest BCUT2D eigenvalue weighted by molar-refractivity contribution is -0.394. The van der Waals surface area contributed by atoms with Gasteiger partial charge in [-0.3, -0.25) is 29.7 Å². The molecule has 1 aromatic heterocycles. The number of hydrogen-bond donors (Lipinski definition) is 1. The van der Waals surface area contributed by atoms with Crippen molar-refractivity contribution in [3.05, 3.63) is 90.9 Å². The monoisotopic (exact) mass is 419 g/mol. The Morgan fingerprint density at radius 3 is 2.38 bits per heavy atom. The molecular formula is C17H11ClFN5O5. The van der Waals surface area contributed by atoms with Crippen molar-refractivity contribution in [2.45, 2.75) is 6.54 Å². The van der Waals surface area contributed by atoms with Crippen LogP contribution in [-0.4, -0.2) is 25.5 Å². The van der Waals surface area contributed by atoms with Crippen LogP contribution in [0.25, 0.3) is 0 Å². The average molecular weight is 420 g/mol. The molecule has 0 unspecified atom stereocenters. The summed E-state index contributed by atoms with van der Waals surface area (Å²) < 4.78 is 14.6. The second-order valence-corrected chi connectivity index (χ2v) is 6.27. The van der Waals surface area contributed by atoms with Crippen molar-refractivity contribution in [3.63, 3.8) is 0 Å². The third-order valence-corrected chi connectivity index (χ3v) is 4.05. The molecule has 0 spiro atoms. The number of aromatic nitrogens is 2. The number of benzene rings is 2.